The van der Waals surface area contributed by atoms with Crippen LogP contribution in [0.15, 0.2) is 22.9 Å². The van der Waals surface area contributed by atoms with Crippen molar-refractivity contribution in [1.29, 1.82) is 0 Å². The number of fused-ring (bicyclic) bond motifs is 3. The van der Waals surface area contributed by atoms with Crippen LogP contribution in [-0.2, 0) is 9.59 Å². The zero-order valence-electron chi connectivity index (χ0n) is 9.47. The summed E-state index contributed by atoms with van der Waals surface area (Å²) in [5.41, 5.74) is 2.02. The molecule has 5 heteroatoms. The average Bonchev–Trinajstić information content (AvgIpc) is 2.61. The van der Waals surface area contributed by atoms with E-state index in [1.165, 1.54) is 4.90 Å². The SMILES string of the molecule is C/C=C1\C(=O)N2C(C(=O)O)=C3CCSC[C@@H]3[C@H]12. The number of carbonyl (C=O) groups excluding carboxylic acids is 1. The molecule has 0 aromatic carbocycles. The second-order valence-electron chi connectivity index (χ2n) is 4.47. The van der Waals surface area contributed by atoms with Crippen LogP contribution in [-0.4, -0.2) is 39.4 Å². The molecule has 0 aromatic heterocycles. The number of carboxylic acids is 1. The van der Waals surface area contributed by atoms with Gasteiger partial charge in [0.05, 0.1) is 6.04 Å². The Morgan fingerprint density at radius 1 is 1.59 bits per heavy atom. The predicted octanol–water partition coefficient (Wildman–Crippen LogP) is 1.25. The van der Waals surface area contributed by atoms with Crippen molar-refractivity contribution in [2.75, 3.05) is 11.5 Å². The molecule has 0 aromatic rings. The van der Waals surface area contributed by atoms with Gasteiger partial charge in [-0.05, 0) is 24.7 Å². The van der Waals surface area contributed by atoms with E-state index < -0.39 is 5.97 Å². The fourth-order valence-corrected chi connectivity index (χ4v) is 4.21. The molecule has 2 fully saturated rings. The van der Waals surface area contributed by atoms with Crippen molar-refractivity contribution in [2.24, 2.45) is 5.92 Å². The summed E-state index contributed by atoms with van der Waals surface area (Å²) in [6.45, 7) is 1.85. The number of thioether (sulfide) groups is 1. The molecule has 3 aliphatic rings. The number of rotatable bonds is 1. The van der Waals surface area contributed by atoms with Gasteiger partial charge < -0.3 is 5.11 Å². The molecule has 4 nitrogen and oxygen atoms in total. The summed E-state index contributed by atoms with van der Waals surface area (Å²) in [5.74, 6) is 1.04. The lowest BCUT2D eigenvalue weighted by atomic mass is 9.84. The van der Waals surface area contributed by atoms with Gasteiger partial charge in [0.2, 0.25) is 0 Å². The van der Waals surface area contributed by atoms with Crippen molar-refractivity contribution in [3.8, 4) is 0 Å². The molecule has 0 saturated carbocycles. The molecule has 2 atom stereocenters. The van der Waals surface area contributed by atoms with E-state index in [4.69, 9.17) is 0 Å². The van der Waals surface area contributed by atoms with E-state index in [2.05, 4.69) is 0 Å². The minimum Gasteiger partial charge on any atom is -0.477 e. The molecular weight excluding hydrogens is 238 g/mol. The normalized spacial score (nSPS) is 33.6. The highest BCUT2D eigenvalue weighted by atomic mass is 32.2. The number of carboxylic acid groups (broad SMARTS) is 1. The Bertz CT molecular complexity index is 480. The Hall–Kier alpha value is -1.23. The van der Waals surface area contributed by atoms with Gasteiger partial charge in [-0.25, -0.2) is 4.79 Å². The highest BCUT2D eigenvalue weighted by Gasteiger charge is 2.56. The number of carbonyl (C=O) groups is 2. The lowest BCUT2D eigenvalue weighted by Crippen LogP contribution is -2.55. The van der Waals surface area contributed by atoms with Gasteiger partial charge >= 0.3 is 5.97 Å². The van der Waals surface area contributed by atoms with Crippen LogP contribution < -0.4 is 0 Å². The number of hydrogen-bond acceptors (Lipinski definition) is 3. The third kappa shape index (κ3) is 1.26. The molecule has 3 heterocycles. The summed E-state index contributed by atoms with van der Waals surface area (Å²) >= 11 is 1.85. The van der Waals surface area contributed by atoms with Gasteiger partial charge in [-0.2, -0.15) is 11.8 Å². The molecular formula is C12H13NO3S. The average molecular weight is 251 g/mol. The number of aliphatic carboxylic acids is 1. The second-order valence-corrected chi connectivity index (χ2v) is 5.62. The van der Waals surface area contributed by atoms with Crippen LogP contribution in [0.4, 0.5) is 0 Å². The predicted molar refractivity (Wildman–Crippen MR) is 64.5 cm³/mol. The highest BCUT2D eigenvalue weighted by Crippen LogP contribution is 2.49. The first-order chi connectivity index (χ1) is 8.16. The smallest absolute Gasteiger partial charge is 0.352 e. The maximum absolute atomic E-state index is 11.9. The van der Waals surface area contributed by atoms with Crippen LogP contribution in [0.25, 0.3) is 0 Å². The van der Waals surface area contributed by atoms with E-state index in [0.29, 0.717) is 0 Å². The van der Waals surface area contributed by atoms with Crippen LogP contribution >= 0.6 is 11.8 Å². The number of allylic oxidation sites excluding steroid dienone is 1. The maximum atomic E-state index is 11.9. The minimum atomic E-state index is -0.956. The summed E-state index contributed by atoms with van der Waals surface area (Å²) < 4.78 is 0. The van der Waals surface area contributed by atoms with E-state index in [0.717, 1.165) is 29.1 Å². The number of hydrogen-bond donors (Lipinski definition) is 1. The quantitative estimate of drug-likeness (QED) is 0.563. The van der Waals surface area contributed by atoms with Crippen molar-refractivity contribution in [1.82, 2.24) is 4.90 Å². The van der Waals surface area contributed by atoms with Crippen molar-refractivity contribution in [2.45, 2.75) is 19.4 Å². The largest absolute Gasteiger partial charge is 0.477 e. The zero-order valence-corrected chi connectivity index (χ0v) is 10.3. The first-order valence-corrected chi connectivity index (χ1v) is 6.86. The molecule has 90 valence electrons. The monoisotopic (exact) mass is 251 g/mol. The number of β-lactam (4-membered cyclic amide) rings is 1. The van der Waals surface area contributed by atoms with Crippen molar-refractivity contribution < 1.29 is 14.7 Å². The van der Waals surface area contributed by atoms with Crippen LogP contribution in [0, 0.1) is 5.92 Å². The molecule has 2 saturated heterocycles. The van der Waals surface area contributed by atoms with Gasteiger partial charge in [-0.15, -0.1) is 0 Å². The Balaban J connectivity index is 2.07. The molecule has 0 unspecified atom stereocenters. The number of amides is 1. The summed E-state index contributed by atoms with van der Waals surface area (Å²) in [5, 5.41) is 9.27. The second kappa shape index (κ2) is 3.63. The van der Waals surface area contributed by atoms with Crippen LogP contribution in [0.2, 0.25) is 0 Å². The molecule has 17 heavy (non-hydrogen) atoms. The Morgan fingerprint density at radius 2 is 2.35 bits per heavy atom. The third-order valence-corrected chi connectivity index (χ3v) is 4.85. The lowest BCUT2D eigenvalue weighted by Gasteiger charge is -2.41. The van der Waals surface area contributed by atoms with Crippen LogP contribution in [0.1, 0.15) is 13.3 Å². The zero-order chi connectivity index (χ0) is 12.2. The maximum Gasteiger partial charge on any atom is 0.352 e. The van der Waals surface area contributed by atoms with Gasteiger partial charge in [-0.1, -0.05) is 6.08 Å². The van der Waals surface area contributed by atoms with Gasteiger partial charge in [-0.3, -0.25) is 9.69 Å². The van der Waals surface area contributed by atoms with Gasteiger partial charge in [0, 0.05) is 17.2 Å². The first kappa shape index (κ1) is 10.9. The Kier molecular flexibility index (Phi) is 2.33. The molecule has 3 aliphatic heterocycles. The van der Waals surface area contributed by atoms with Gasteiger partial charge in [0.1, 0.15) is 5.70 Å². The Labute approximate surface area is 103 Å². The standard InChI is InChI=1S/C12H13NO3S/c1-2-6-9-8-5-17-4-3-7(8)10(12(15)16)13(9)11(6)14/h2,8-9H,3-5H2,1H3,(H,15,16)/b6-2-/t8-,9-/m0/s1. The van der Waals surface area contributed by atoms with Gasteiger partial charge in [0.25, 0.3) is 5.91 Å². The Morgan fingerprint density at radius 3 is 3.00 bits per heavy atom. The van der Waals surface area contributed by atoms with Crippen molar-refractivity contribution in [3.63, 3.8) is 0 Å². The number of nitrogens with zero attached hydrogens (tertiary/aromatic N) is 1. The summed E-state index contributed by atoms with van der Waals surface area (Å²) in [6.07, 6.45) is 2.62. The summed E-state index contributed by atoms with van der Waals surface area (Å²) in [7, 11) is 0. The molecule has 0 aliphatic carbocycles. The summed E-state index contributed by atoms with van der Waals surface area (Å²) in [4.78, 5) is 24.7. The van der Waals surface area contributed by atoms with E-state index >= 15 is 0 Å². The molecule has 1 amide bonds. The third-order valence-electron chi connectivity index (χ3n) is 3.76. The van der Waals surface area contributed by atoms with E-state index in [9.17, 15) is 14.7 Å². The molecule has 0 bridgehead atoms. The topological polar surface area (TPSA) is 57.6 Å². The molecule has 3 rings (SSSR count). The van der Waals surface area contributed by atoms with Crippen LogP contribution in [0.5, 0.6) is 0 Å². The fourth-order valence-electron chi connectivity index (χ4n) is 3.05. The highest BCUT2D eigenvalue weighted by molar-refractivity contribution is 7.99. The van der Waals surface area contributed by atoms with E-state index in [1.54, 1.807) is 0 Å². The van der Waals surface area contributed by atoms with Gasteiger partial charge in [0.15, 0.2) is 0 Å². The fraction of sp³-hybridized carbons (Fsp3) is 0.500. The van der Waals surface area contributed by atoms with E-state index in [1.807, 2.05) is 24.8 Å². The van der Waals surface area contributed by atoms with Crippen molar-refractivity contribution >= 4 is 23.6 Å². The van der Waals surface area contributed by atoms with Crippen LogP contribution in [0.3, 0.4) is 0 Å². The lowest BCUT2D eigenvalue weighted by molar-refractivity contribution is -0.142. The minimum absolute atomic E-state index is 0.00130. The van der Waals surface area contributed by atoms with Crippen molar-refractivity contribution in [3.05, 3.63) is 22.9 Å². The van der Waals surface area contributed by atoms with E-state index in [-0.39, 0.29) is 23.6 Å². The molecule has 1 N–H and O–H groups in total. The summed E-state index contributed by atoms with van der Waals surface area (Å²) in [6, 6.07) is 0.00130. The first-order valence-electron chi connectivity index (χ1n) is 5.70. The molecule has 0 radical (unpaired) electrons. The molecule has 0 spiro atoms.